The van der Waals surface area contributed by atoms with Crippen molar-refractivity contribution in [1.82, 2.24) is 9.88 Å². The maximum absolute atomic E-state index is 13.2. The van der Waals surface area contributed by atoms with Crippen molar-refractivity contribution in [3.63, 3.8) is 0 Å². The summed E-state index contributed by atoms with van der Waals surface area (Å²) in [6.07, 6.45) is -2.94. The molecule has 4 rings (SSSR count). The number of thiazole rings is 1. The van der Waals surface area contributed by atoms with Gasteiger partial charge in [-0.05, 0) is 24.3 Å². The highest BCUT2D eigenvalue weighted by atomic mass is 32.1. The quantitative estimate of drug-likeness (QED) is 0.591. The van der Waals surface area contributed by atoms with Crippen LogP contribution in [-0.2, 0) is 11.0 Å². The lowest BCUT2D eigenvalue weighted by molar-refractivity contribution is -0.137. The predicted molar refractivity (Wildman–Crippen MR) is 107 cm³/mol. The lowest BCUT2D eigenvalue weighted by atomic mass is 10.0. The summed E-state index contributed by atoms with van der Waals surface area (Å²) in [7, 11) is 3.45. The molecule has 0 bridgehead atoms. The van der Waals surface area contributed by atoms with E-state index in [-0.39, 0.29) is 16.8 Å². The molecule has 0 saturated carbocycles. The van der Waals surface area contributed by atoms with Crippen LogP contribution in [0.25, 0.3) is 10.2 Å². The summed E-state index contributed by atoms with van der Waals surface area (Å²) in [4.78, 5) is 19.1. The van der Waals surface area contributed by atoms with E-state index < -0.39 is 17.6 Å². The molecule has 1 amide bonds. The number of anilines is 1. The molecule has 29 heavy (non-hydrogen) atoms. The lowest BCUT2D eigenvalue weighted by Crippen LogP contribution is -2.22. The van der Waals surface area contributed by atoms with Gasteiger partial charge in [-0.3, -0.25) is 4.79 Å². The Morgan fingerprint density at radius 2 is 1.86 bits per heavy atom. The van der Waals surface area contributed by atoms with Crippen LogP contribution >= 0.6 is 11.3 Å². The highest BCUT2D eigenvalue weighted by molar-refractivity contribution is 7.22. The second kappa shape index (κ2) is 7.00. The molecular formula is C20H15F3N4OS. The molecular weight excluding hydrogens is 401 g/mol. The zero-order valence-electron chi connectivity index (χ0n) is 15.4. The fraction of sp³-hybridized carbons (Fsp3) is 0.150. The molecule has 0 aliphatic carbocycles. The van der Waals surface area contributed by atoms with Crippen LogP contribution in [0.15, 0.2) is 65.4 Å². The smallest absolute Gasteiger partial charge is 0.383 e. The number of amides is 1. The second-order valence-corrected chi connectivity index (χ2v) is 7.62. The van der Waals surface area contributed by atoms with Crippen molar-refractivity contribution in [2.75, 3.05) is 19.1 Å². The van der Waals surface area contributed by atoms with Crippen LogP contribution in [0.1, 0.15) is 11.1 Å². The molecule has 0 N–H and O–H groups in total. The Bertz CT molecular complexity index is 1130. The van der Waals surface area contributed by atoms with E-state index in [0.29, 0.717) is 5.13 Å². The Hall–Kier alpha value is -3.20. The Labute approximate surface area is 168 Å². The molecule has 0 saturated heterocycles. The number of fused-ring (bicyclic) bond motifs is 1. The lowest BCUT2D eigenvalue weighted by Gasteiger charge is -2.10. The van der Waals surface area contributed by atoms with Crippen LogP contribution in [0, 0.1) is 0 Å². The van der Waals surface area contributed by atoms with E-state index in [2.05, 4.69) is 10.1 Å². The maximum Gasteiger partial charge on any atom is 0.416 e. The van der Waals surface area contributed by atoms with Gasteiger partial charge in [0.1, 0.15) is 5.71 Å². The van der Waals surface area contributed by atoms with E-state index in [9.17, 15) is 18.0 Å². The summed E-state index contributed by atoms with van der Waals surface area (Å²) in [5.74, 6) is -0.440. The molecule has 0 fully saturated rings. The minimum absolute atomic E-state index is 0.175. The number of halogens is 3. The number of hydrogen-bond acceptors (Lipinski definition) is 5. The molecule has 5 nitrogen and oxygen atoms in total. The summed E-state index contributed by atoms with van der Waals surface area (Å²) in [5.41, 5.74) is 0.515. The SMILES string of the molecule is CN(C)/C=C1/C(=O)N(c2nc3ccccc3s2)N=C1c1cccc(C(F)(F)F)c1. The molecule has 2 aromatic carbocycles. The van der Waals surface area contributed by atoms with Gasteiger partial charge in [-0.15, -0.1) is 0 Å². The molecule has 0 spiro atoms. The monoisotopic (exact) mass is 416 g/mol. The number of aromatic nitrogens is 1. The van der Waals surface area contributed by atoms with E-state index in [4.69, 9.17) is 0 Å². The Balaban J connectivity index is 1.83. The summed E-state index contributed by atoms with van der Waals surface area (Å²) in [6, 6.07) is 12.2. The Kier molecular flexibility index (Phi) is 4.62. The van der Waals surface area contributed by atoms with Crippen LogP contribution in [0.4, 0.5) is 18.3 Å². The van der Waals surface area contributed by atoms with Gasteiger partial charge in [-0.1, -0.05) is 35.6 Å². The van der Waals surface area contributed by atoms with E-state index in [1.54, 1.807) is 25.2 Å². The van der Waals surface area contributed by atoms with Gasteiger partial charge in [0.15, 0.2) is 0 Å². The fourth-order valence-electron chi connectivity index (χ4n) is 2.93. The van der Waals surface area contributed by atoms with Crippen molar-refractivity contribution >= 4 is 38.3 Å². The van der Waals surface area contributed by atoms with Crippen LogP contribution in [0.3, 0.4) is 0 Å². The molecule has 0 radical (unpaired) electrons. The highest BCUT2D eigenvalue weighted by Crippen LogP contribution is 2.34. The second-order valence-electron chi connectivity index (χ2n) is 6.61. The third-order valence-electron chi connectivity index (χ3n) is 4.19. The van der Waals surface area contributed by atoms with Gasteiger partial charge in [0.25, 0.3) is 5.91 Å². The number of carbonyl (C=O) groups excluding carboxylic acids is 1. The first-order valence-electron chi connectivity index (χ1n) is 8.59. The molecule has 148 valence electrons. The number of hydrogen-bond donors (Lipinski definition) is 0. The number of benzene rings is 2. The fourth-order valence-corrected chi connectivity index (χ4v) is 3.84. The van der Waals surface area contributed by atoms with E-state index >= 15 is 0 Å². The molecule has 0 unspecified atom stereocenters. The first-order valence-corrected chi connectivity index (χ1v) is 9.40. The molecule has 1 aliphatic rings. The van der Waals surface area contributed by atoms with Crippen LogP contribution in [-0.4, -0.2) is 35.6 Å². The minimum Gasteiger partial charge on any atom is -0.383 e. The maximum atomic E-state index is 13.2. The van der Waals surface area contributed by atoms with E-state index in [1.165, 1.54) is 23.5 Å². The minimum atomic E-state index is -4.49. The Morgan fingerprint density at radius 3 is 2.55 bits per heavy atom. The largest absolute Gasteiger partial charge is 0.416 e. The summed E-state index contributed by atoms with van der Waals surface area (Å²) >= 11 is 1.29. The van der Waals surface area contributed by atoms with Crippen molar-refractivity contribution in [3.8, 4) is 0 Å². The predicted octanol–water partition coefficient (Wildman–Crippen LogP) is 4.51. The average molecular weight is 416 g/mol. The first-order chi connectivity index (χ1) is 13.7. The summed E-state index contributed by atoms with van der Waals surface area (Å²) in [5, 5.41) is 5.86. The van der Waals surface area contributed by atoms with Crippen molar-refractivity contribution in [1.29, 1.82) is 0 Å². The standard InChI is InChI=1S/C20H15F3N4OS/c1-26(2)11-14-17(12-6-5-7-13(10-12)20(21,22)23)25-27(18(14)28)19-24-15-8-3-4-9-16(15)29-19/h3-11H,1-2H3/b14-11+. The van der Waals surface area contributed by atoms with Crippen molar-refractivity contribution in [3.05, 3.63) is 71.4 Å². The summed E-state index contributed by atoms with van der Waals surface area (Å²) < 4.78 is 40.3. The van der Waals surface area contributed by atoms with E-state index in [1.807, 2.05) is 24.3 Å². The first kappa shape index (κ1) is 19.1. The molecule has 1 aliphatic heterocycles. The normalized spacial score (nSPS) is 16.0. The average Bonchev–Trinajstić information content (AvgIpc) is 3.22. The molecule has 1 aromatic heterocycles. The van der Waals surface area contributed by atoms with Gasteiger partial charge in [-0.25, -0.2) is 4.98 Å². The van der Waals surface area contributed by atoms with Crippen LogP contribution < -0.4 is 5.01 Å². The van der Waals surface area contributed by atoms with Gasteiger partial charge in [0.05, 0.1) is 21.4 Å². The number of hydrazone groups is 1. The number of nitrogens with zero attached hydrogens (tertiary/aromatic N) is 4. The van der Waals surface area contributed by atoms with Crippen molar-refractivity contribution in [2.45, 2.75) is 6.18 Å². The molecule has 0 atom stereocenters. The van der Waals surface area contributed by atoms with Crippen molar-refractivity contribution < 1.29 is 18.0 Å². The topological polar surface area (TPSA) is 48.8 Å². The number of rotatable bonds is 3. The third-order valence-corrected chi connectivity index (χ3v) is 5.20. The van der Waals surface area contributed by atoms with Gasteiger partial charge in [0, 0.05) is 25.9 Å². The van der Waals surface area contributed by atoms with Crippen LogP contribution in [0.5, 0.6) is 0 Å². The van der Waals surface area contributed by atoms with Gasteiger partial charge in [0.2, 0.25) is 5.13 Å². The molecule has 2 heterocycles. The number of carbonyl (C=O) groups is 1. The molecule has 9 heteroatoms. The zero-order chi connectivity index (χ0) is 20.8. The molecule has 3 aromatic rings. The highest BCUT2D eigenvalue weighted by Gasteiger charge is 2.36. The number of para-hydroxylation sites is 1. The van der Waals surface area contributed by atoms with Gasteiger partial charge in [-0.2, -0.15) is 23.3 Å². The van der Waals surface area contributed by atoms with Crippen LogP contribution in [0.2, 0.25) is 0 Å². The van der Waals surface area contributed by atoms with E-state index in [0.717, 1.165) is 27.4 Å². The summed E-state index contributed by atoms with van der Waals surface area (Å²) in [6.45, 7) is 0. The number of alkyl halides is 3. The Morgan fingerprint density at radius 1 is 1.10 bits per heavy atom. The van der Waals surface area contributed by atoms with Crippen molar-refractivity contribution in [2.24, 2.45) is 5.10 Å². The van der Waals surface area contributed by atoms with Gasteiger partial charge < -0.3 is 4.90 Å². The third kappa shape index (κ3) is 3.61. The zero-order valence-corrected chi connectivity index (χ0v) is 16.3. The van der Waals surface area contributed by atoms with Gasteiger partial charge >= 0.3 is 6.18 Å².